The van der Waals surface area contributed by atoms with E-state index < -0.39 is 0 Å². The molecule has 18 heavy (non-hydrogen) atoms. The van der Waals surface area contributed by atoms with Gasteiger partial charge in [0.25, 0.3) is 0 Å². The van der Waals surface area contributed by atoms with Crippen molar-refractivity contribution in [3.05, 3.63) is 0 Å². The average Bonchev–Trinajstić information content (AvgIpc) is 2.83. The third-order valence-electron chi connectivity index (χ3n) is 5.43. The lowest BCUT2D eigenvalue weighted by atomic mass is 9.81. The Balaban J connectivity index is 2.14. The second kappa shape index (κ2) is 6.38. The van der Waals surface area contributed by atoms with Crippen LogP contribution in [0.5, 0.6) is 0 Å². The first-order valence-corrected chi connectivity index (χ1v) is 8.24. The van der Waals surface area contributed by atoms with Gasteiger partial charge in [0.1, 0.15) is 0 Å². The highest BCUT2D eigenvalue weighted by molar-refractivity contribution is 5.01. The van der Waals surface area contributed by atoms with Crippen molar-refractivity contribution in [2.75, 3.05) is 13.1 Å². The SMILES string of the molecule is CCCC(CN)(CCC)N1CCC2CCCCC21. The molecule has 0 bridgehead atoms. The van der Waals surface area contributed by atoms with E-state index in [4.69, 9.17) is 5.73 Å². The monoisotopic (exact) mass is 252 g/mol. The Labute approximate surface area is 113 Å². The highest BCUT2D eigenvalue weighted by Gasteiger charge is 2.45. The molecule has 106 valence electrons. The molecule has 0 aromatic carbocycles. The Bertz CT molecular complexity index is 245. The molecule has 2 heteroatoms. The van der Waals surface area contributed by atoms with E-state index in [1.165, 1.54) is 64.3 Å². The van der Waals surface area contributed by atoms with Gasteiger partial charge in [-0.3, -0.25) is 4.90 Å². The van der Waals surface area contributed by atoms with Crippen molar-refractivity contribution in [3.8, 4) is 0 Å². The minimum atomic E-state index is 0.320. The Morgan fingerprint density at radius 1 is 1.06 bits per heavy atom. The lowest BCUT2D eigenvalue weighted by Gasteiger charge is -2.46. The van der Waals surface area contributed by atoms with E-state index in [1.807, 2.05) is 0 Å². The van der Waals surface area contributed by atoms with Gasteiger partial charge >= 0.3 is 0 Å². The van der Waals surface area contributed by atoms with E-state index in [1.54, 1.807) is 0 Å². The van der Waals surface area contributed by atoms with Crippen molar-refractivity contribution >= 4 is 0 Å². The van der Waals surface area contributed by atoms with Crippen LogP contribution in [0.1, 0.15) is 71.6 Å². The summed E-state index contributed by atoms with van der Waals surface area (Å²) in [6.45, 7) is 6.80. The predicted molar refractivity (Wildman–Crippen MR) is 78.7 cm³/mol. The zero-order valence-corrected chi connectivity index (χ0v) is 12.5. The van der Waals surface area contributed by atoms with Gasteiger partial charge in [-0.15, -0.1) is 0 Å². The molecular weight excluding hydrogens is 220 g/mol. The van der Waals surface area contributed by atoms with Gasteiger partial charge in [0.05, 0.1) is 0 Å². The summed E-state index contributed by atoms with van der Waals surface area (Å²) in [6, 6.07) is 0.861. The minimum absolute atomic E-state index is 0.320. The van der Waals surface area contributed by atoms with Crippen molar-refractivity contribution < 1.29 is 0 Å². The highest BCUT2D eigenvalue weighted by Crippen LogP contribution is 2.42. The zero-order chi connectivity index (χ0) is 13.0. The Kier molecular flexibility index (Phi) is 5.08. The van der Waals surface area contributed by atoms with E-state index in [2.05, 4.69) is 18.7 Å². The molecule has 1 saturated carbocycles. The molecule has 1 saturated heterocycles. The normalized spacial score (nSPS) is 29.5. The fraction of sp³-hybridized carbons (Fsp3) is 1.00. The maximum absolute atomic E-state index is 6.24. The van der Waals surface area contributed by atoms with Gasteiger partial charge in [-0.05, 0) is 44.6 Å². The summed E-state index contributed by atoms with van der Waals surface area (Å²) in [5, 5.41) is 0. The van der Waals surface area contributed by atoms with E-state index in [0.29, 0.717) is 5.54 Å². The molecule has 1 heterocycles. The largest absolute Gasteiger partial charge is 0.329 e. The topological polar surface area (TPSA) is 29.3 Å². The second-order valence-electron chi connectivity index (χ2n) is 6.52. The van der Waals surface area contributed by atoms with Crippen molar-refractivity contribution in [1.29, 1.82) is 0 Å². The maximum Gasteiger partial charge on any atom is 0.0334 e. The molecule has 0 aromatic heterocycles. The van der Waals surface area contributed by atoms with Crippen LogP contribution in [0.25, 0.3) is 0 Å². The van der Waals surface area contributed by atoms with Crippen LogP contribution in [0.4, 0.5) is 0 Å². The fourth-order valence-electron chi connectivity index (χ4n) is 4.66. The zero-order valence-electron chi connectivity index (χ0n) is 12.5. The highest BCUT2D eigenvalue weighted by atomic mass is 15.3. The summed E-state index contributed by atoms with van der Waals surface area (Å²) in [6.07, 6.45) is 12.4. The van der Waals surface area contributed by atoms with Crippen LogP contribution in [-0.4, -0.2) is 29.6 Å². The molecular formula is C16H32N2. The summed E-state index contributed by atoms with van der Waals surface area (Å²) < 4.78 is 0. The standard InChI is InChI=1S/C16H32N2/c1-3-10-16(13-17,11-4-2)18-12-9-14-7-5-6-8-15(14)18/h14-15H,3-13,17H2,1-2H3. The van der Waals surface area contributed by atoms with Gasteiger partial charge in [-0.2, -0.15) is 0 Å². The molecule has 0 radical (unpaired) electrons. The molecule has 2 aliphatic rings. The van der Waals surface area contributed by atoms with Crippen LogP contribution < -0.4 is 5.73 Å². The lowest BCUT2D eigenvalue weighted by molar-refractivity contribution is 0.0396. The predicted octanol–water partition coefficient (Wildman–Crippen LogP) is 3.55. The first-order chi connectivity index (χ1) is 8.77. The molecule has 1 aliphatic heterocycles. The van der Waals surface area contributed by atoms with E-state index in [9.17, 15) is 0 Å². The van der Waals surface area contributed by atoms with Crippen molar-refractivity contribution in [3.63, 3.8) is 0 Å². The van der Waals surface area contributed by atoms with Gasteiger partial charge in [-0.1, -0.05) is 39.5 Å². The van der Waals surface area contributed by atoms with Crippen LogP contribution in [0.15, 0.2) is 0 Å². The number of fused-ring (bicyclic) bond motifs is 1. The number of hydrogen-bond acceptors (Lipinski definition) is 2. The molecule has 2 unspecified atom stereocenters. The van der Waals surface area contributed by atoms with Gasteiger partial charge in [0, 0.05) is 18.1 Å². The number of rotatable bonds is 6. The van der Waals surface area contributed by atoms with Gasteiger partial charge in [0.2, 0.25) is 0 Å². The molecule has 1 aliphatic carbocycles. The van der Waals surface area contributed by atoms with E-state index in [-0.39, 0.29) is 0 Å². The Morgan fingerprint density at radius 3 is 2.33 bits per heavy atom. The number of nitrogens with zero attached hydrogens (tertiary/aromatic N) is 1. The summed E-state index contributed by atoms with van der Waals surface area (Å²) in [5.74, 6) is 0.985. The first-order valence-electron chi connectivity index (χ1n) is 8.24. The molecule has 0 amide bonds. The van der Waals surface area contributed by atoms with Gasteiger partial charge in [0.15, 0.2) is 0 Å². The summed E-state index contributed by atoms with van der Waals surface area (Å²) in [7, 11) is 0. The summed E-state index contributed by atoms with van der Waals surface area (Å²) in [5.41, 5.74) is 6.56. The van der Waals surface area contributed by atoms with Crippen LogP contribution in [-0.2, 0) is 0 Å². The average molecular weight is 252 g/mol. The lowest BCUT2D eigenvalue weighted by Crippen LogP contribution is -2.56. The molecule has 2 atom stereocenters. The van der Waals surface area contributed by atoms with Crippen LogP contribution >= 0.6 is 0 Å². The summed E-state index contributed by atoms with van der Waals surface area (Å²) in [4.78, 5) is 2.85. The second-order valence-corrected chi connectivity index (χ2v) is 6.52. The number of hydrogen-bond donors (Lipinski definition) is 1. The van der Waals surface area contributed by atoms with Crippen molar-refractivity contribution in [2.45, 2.75) is 83.2 Å². The third kappa shape index (κ3) is 2.60. The first kappa shape index (κ1) is 14.3. The van der Waals surface area contributed by atoms with E-state index in [0.717, 1.165) is 18.5 Å². The smallest absolute Gasteiger partial charge is 0.0334 e. The third-order valence-corrected chi connectivity index (χ3v) is 5.43. The Hall–Kier alpha value is -0.0800. The van der Waals surface area contributed by atoms with Crippen LogP contribution in [0, 0.1) is 5.92 Å². The van der Waals surface area contributed by atoms with Gasteiger partial charge < -0.3 is 5.73 Å². The fourth-order valence-corrected chi connectivity index (χ4v) is 4.66. The molecule has 0 spiro atoms. The Morgan fingerprint density at radius 2 is 1.72 bits per heavy atom. The molecule has 2 rings (SSSR count). The summed E-state index contributed by atoms with van der Waals surface area (Å²) >= 11 is 0. The number of likely N-dealkylation sites (tertiary alicyclic amines) is 1. The molecule has 2 fully saturated rings. The van der Waals surface area contributed by atoms with Crippen molar-refractivity contribution in [2.24, 2.45) is 11.7 Å². The minimum Gasteiger partial charge on any atom is -0.329 e. The van der Waals surface area contributed by atoms with Crippen LogP contribution in [0.3, 0.4) is 0 Å². The van der Waals surface area contributed by atoms with Gasteiger partial charge in [-0.25, -0.2) is 0 Å². The molecule has 2 N–H and O–H groups in total. The van der Waals surface area contributed by atoms with Crippen LogP contribution in [0.2, 0.25) is 0 Å². The van der Waals surface area contributed by atoms with E-state index >= 15 is 0 Å². The molecule has 2 nitrogen and oxygen atoms in total. The number of nitrogens with two attached hydrogens (primary N) is 1. The molecule has 0 aromatic rings. The quantitative estimate of drug-likeness (QED) is 0.783. The van der Waals surface area contributed by atoms with Crippen molar-refractivity contribution in [1.82, 2.24) is 4.90 Å². The maximum atomic E-state index is 6.24.